The molecule has 0 aliphatic heterocycles. The number of hydrogen-bond donors (Lipinski definition) is 0. The minimum Gasteiger partial charge on any atom is -0.303 e. The van der Waals surface area contributed by atoms with E-state index in [-0.39, 0.29) is 0 Å². The number of rotatable bonds is 2. The second-order valence-corrected chi connectivity index (χ2v) is 2.33. The third-order valence-corrected chi connectivity index (χ3v) is 1.58. The average molecular weight is 98.1 g/mol. The summed E-state index contributed by atoms with van der Waals surface area (Å²) in [5, 5.41) is 0. The molecule has 0 aromatic carbocycles. The van der Waals surface area contributed by atoms with E-state index in [4.69, 9.17) is 0 Å². The fourth-order valence-electron chi connectivity index (χ4n) is 0.733. The van der Waals surface area contributed by atoms with Crippen LogP contribution in [0.2, 0.25) is 0 Å². The Labute approximate surface area is 43.7 Å². The third-order valence-electron chi connectivity index (χ3n) is 1.58. The van der Waals surface area contributed by atoms with Gasteiger partial charge in [0.05, 0.1) is 0 Å². The van der Waals surface area contributed by atoms with Gasteiger partial charge >= 0.3 is 0 Å². The molecule has 1 atom stereocenters. The van der Waals surface area contributed by atoms with Gasteiger partial charge in [-0.2, -0.15) is 0 Å². The molecule has 1 aliphatic carbocycles. The highest BCUT2D eigenvalue weighted by atomic mass is 16.1. The quantitative estimate of drug-likeness (QED) is 0.475. The zero-order chi connectivity index (χ0) is 5.28. The molecule has 1 rings (SSSR count). The van der Waals surface area contributed by atoms with Crippen molar-refractivity contribution in [3.05, 3.63) is 0 Å². The Balaban J connectivity index is 2.22. The molecule has 1 aliphatic rings. The lowest BCUT2D eigenvalue weighted by Crippen LogP contribution is -1.95. The first-order valence-electron chi connectivity index (χ1n) is 2.80. The molecule has 0 heterocycles. The van der Waals surface area contributed by atoms with Crippen molar-refractivity contribution in [2.75, 3.05) is 0 Å². The van der Waals surface area contributed by atoms with Crippen LogP contribution < -0.4 is 0 Å². The fraction of sp³-hybridized carbons (Fsp3) is 0.833. The molecule has 0 spiro atoms. The number of carbonyl (C=O) groups excluding carboxylic acids is 1. The lowest BCUT2D eigenvalue weighted by Gasteiger charge is -1.93. The molecule has 0 radical (unpaired) electrons. The topological polar surface area (TPSA) is 17.1 Å². The van der Waals surface area contributed by atoms with Crippen molar-refractivity contribution in [1.82, 2.24) is 0 Å². The highest BCUT2D eigenvalue weighted by Crippen LogP contribution is 2.35. The molecule has 1 fully saturated rings. The summed E-state index contributed by atoms with van der Waals surface area (Å²) in [6, 6.07) is 0. The Morgan fingerprint density at radius 3 is 2.43 bits per heavy atom. The molecule has 0 aromatic heterocycles. The molecule has 1 nitrogen and oxygen atoms in total. The van der Waals surface area contributed by atoms with Crippen LogP contribution in [-0.4, -0.2) is 6.29 Å². The van der Waals surface area contributed by atoms with E-state index in [1.807, 2.05) is 6.92 Å². The molecule has 7 heavy (non-hydrogen) atoms. The van der Waals surface area contributed by atoms with E-state index < -0.39 is 0 Å². The van der Waals surface area contributed by atoms with Crippen molar-refractivity contribution in [3.8, 4) is 0 Å². The highest BCUT2D eigenvalue weighted by Gasteiger charge is 2.26. The number of carbonyl (C=O) groups is 1. The van der Waals surface area contributed by atoms with E-state index in [2.05, 4.69) is 0 Å². The molecule has 0 bridgehead atoms. The minimum absolute atomic E-state index is 0.333. The molecule has 1 saturated carbocycles. The van der Waals surface area contributed by atoms with Gasteiger partial charge in [-0.25, -0.2) is 0 Å². The molecular weight excluding hydrogens is 88.1 g/mol. The van der Waals surface area contributed by atoms with E-state index in [0.29, 0.717) is 5.92 Å². The van der Waals surface area contributed by atoms with Gasteiger partial charge in [0.1, 0.15) is 6.29 Å². The Morgan fingerprint density at radius 2 is 2.29 bits per heavy atom. The van der Waals surface area contributed by atoms with Gasteiger partial charge < -0.3 is 4.79 Å². The Hall–Kier alpha value is -0.330. The van der Waals surface area contributed by atoms with Gasteiger partial charge in [-0.1, -0.05) is 6.92 Å². The van der Waals surface area contributed by atoms with Gasteiger partial charge in [-0.15, -0.1) is 0 Å². The summed E-state index contributed by atoms with van der Waals surface area (Å²) >= 11 is 0. The van der Waals surface area contributed by atoms with Crippen molar-refractivity contribution in [2.45, 2.75) is 19.8 Å². The summed E-state index contributed by atoms with van der Waals surface area (Å²) in [4.78, 5) is 9.99. The lowest BCUT2D eigenvalue weighted by molar-refractivity contribution is -0.111. The van der Waals surface area contributed by atoms with Crippen molar-refractivity contribution in [2.24, 2.45) is 11.8 Å². The summed E-state index contributed by atoms with van der Waals surface area (Å²) in [5.41, 5.74) is 0. The van der Waals surface area contributed by atoms with Crippen LogP contribution in [0.3, 0.4) is 0 Å². The second-order valence-electron chi connectivity index (χ2n) is 2.33. The first-order valence-corrected chi connectivity index (χ1v) is 2.80. The summed E-state index contributed by atoms with van der Waals surface area (Å²) in [6.45, 7) is 1.99. The number of aldehydes is 1. The number of hydrogen-bond acceptors (Lipinski definition) is 1. The Kier molecular flexibility index (Phi) is 1.13. The second kappa shape index (κ2) is 1.65. The largest absolute Gasteiger partial charge is 0.303 e. The van der Waals surface area contributed by atoms with Gasteiger partial charge in [0.25, 0.3) is 0 Å². The summed E-state index contributed by atoms with van der Waals surface area (Å²) in [6.07, 6.45) is 3.61. The standard InChI is InChI=1S/C6H10O/c1-5(4-7)6-2-3-6/h4-6H,2-3H2,1H3/t5-/m0/s1. The normalized spacial score (nSPS) is 24.1. The monoisotopic (exact) mass is 98.1 g/mol. The molecule has 1 heteroatoms. The van der Waals surface area contributed by atoms with Crippen molar-refractivity contribution in [3.63, 3.8) is 0 Å². The average Bonchev–Trinajstić information content (AvgIpc) is 2.44. The van der Waals surface area contributed by atoms with Gasteiger partial charge in [-0.05, 0) is 18.8 Å². The fourth-order valence-corrected chi connectivity index (χ4v) is 0.733. The maximum Gasteiger partial charge on any atom is 0.123 e. The molecule has 40 valence electrons. The third kappa shape index (κ3) is 1.02. The van der Waals surface area contributed by atoms with E-state index in [9.17, 15) is 4.79 Å². The first kappa shape index (κ1) is 4.82. The summed E-state index contributed by atoms with van der Waals surface area (Å²) in [7, 11) is 0. The van der Waals surface area contributed by atoms with Crippen molar-refractivity contribution >= 4 is 6.29 Å². The van der Waals surface area contributed by atoms with Gasteiger partial charge in [0.2, 0.25) is 0 Å². The van der Waals surface area contributed by atoms with Crippen LogP contribution in [0.1, 0.15) is 19.8 Å². The van der Waals surface area contributed by atoms with Crippen LogP contribution in [0.25, 0.3) is 0 Å². The van der Waals surface area contributed by atoms with E-state index in [1.165, 1.54) is 12.8 Å². The maximum atomic E-state index is 9.99. The summed E-state index contributed by atoms with van der Waals surface area (Å²) < 4.78 is 0. The van der Waals surface area contributed by atoms with Crippen LogP contribution in [0, 0.1) is 11.8 Å². The maximum absolute atomic E-state index is 9.99. The van der Waals surface area contributed by atoms with Crippen LogP contribution in [-0.2, 0) is 4.79 Å². The van der Waals surface area contributed by atoms with Crippen molar-refractivity contribution < 1.29 is 4.79 Å². The molecule has 0 unspecified atom stereocenters. The predicted molar refractivity (Wildman–Crippen MR) is 28.0 cm³/mol. The van der Waals surface area contributed by atoms with Crippen molar-refractivity contribution in [1.29, 1.82) is 0 Å². The molecular formula is C6H10O. The molecule has 0 amide bonds. The zero-order valence-electron chi connectivity index (χ0n) is 4.55. The van der Waals surface area contributed by atoms with Gasteiger partial charge in [-0.3, -0.25) is 0 Å². The molecule has 0 aromatic rings. The molecule has 0 N–H and O–H groups in total. The Morgan fingerprint density at radius 1 is 1.71 bits per heavy atom. The SMILES string of the molecule is C[C@@H](C=O)C1CC1. The highest BCUT2D eigenvalue weighted by molar-refractivity contribution is 5.53. The van der Waals surface area contributed by atoms with E-state index in [0.717, 1.165) is 12.2 Å². The van der Waals surface area contributed by atoms with Crippen LogP contribution >= 0.6 is 0 Å². The summed E-state index contributed by atoms with van der Waals surface area (Å²) in [5.74, 6) is 1.08. The first-order chi connectivity index (χ1) is 3.34. The zero-order valence-corrected chi connectivity index (χ0v) is 4.55. The minimum atomic E-state index is 0.333. The van der Waals surface area contributed by atoms with E-state index >= 15 is 0 Å². The van der Waals surface area contributed by atoms with Gasteiger partial charge in [0.15, 0.2) is 0 Å². The van der Waals surface area contributed by atoms with Gasteiger partial charge in [0, 0.05) is 5.92 Å². The predicted octanol–water partition coefficient (Wildman–Crippen LogP) is 1.23. The Bertz CT molecular complexity index is 74.2. The van der Waals surface area contributed by atoms with Crippen LogP contribution in [0.4, 0.5) is 0 Å². The van der Waals surface area contributed by atoms with E-state index in [1.54, 1.807) is 0 Å². The smallest absolute Gasteiger partial charge is 0.123 e. The van der Waals surface area contributed by atoms with Crippen LogP contribution in [0.5, 0.6) is 0 Å². The molecule has 0 saturated heterocycles. The lowest BCUT2D eigenvalue weighted by atomic mass is 10.1. The van der Waals surface area contributed by atoms with Crippen LogP contribution in [0.15, 0.2) is 0 Å².